The molecule has 6 heteroatoms. The second-order valence-electron chi connectivity index (χ2n) is 3.10. The maximum Gasteiger partial charge on any atom is 0.334 e. The molecule has 1 aromatic rings. The third kappa shape index (κ3) is 5.50. The summed E-state index contributed by atoms with van der Waals surface area (Å²) in [5.74, 6) is -0.559. The van der Waals surface area contributed by atoms with Crippen LogP contribution in [0.2, 0.25) is 0 Å². The van der Waals surface area contributed by atoms with Gasteiger partial charge in [0.25, 0.3) is 0 Å². The minimum atomic E-state index is -0.559. The molecule has 0 saturated heterocycles. The first-order chi connectivity index (χ1) is 8.22. The highest BCUT2D eigenvalue weighted by molar-refractivity contribution is 5.71. The molecule has 0 unspecified atom stereocenters. The quantitative estimate of drug-likeness (QED) is 0.429. The van der Waals surface area contributed by atoms with E-state index >= 15 is 0 Å². The van der Waals surface area contributed by atoms with Gasteiger partial charge in [0.05, 0.1) is 13.2 Å². The van der Waals surface area contributed by atoms with Gasteiger partial charge < -0.3 is 9.57 Å². The van der Waals surface area contributed by atoms with Crippen molar-refractivity contribution >= 4 is 5.97 Å². The van der Waals surface area contributed by atoms with Gasteiger partial charge in [0.15, 0.2) is 5.02 Å². The molecule has 92 valence electrons. The van der Waals surface area contributed by atoms with Crippen molar-refractivity contribution in [3.63, 3.8) is 0 Å². The molecule has 0 radical (unpaired) electrons. The second-order valence-corrected chi connectivity index (χ2v) is 3.10. The second kappa shape index (κ2) is 7.21. The number of benzene rings is 1. The zero-order chi connectivity index (χ0) is 12.5. The Hall–Kier alpha value is -2.11. The van der Waals surface area contributed by atoms with Gasteiger partial charge in [-0.3, -0.25) is 0 Å². The van der Waals surface area contributed by atoms with Gasteiger partial charge in [0, 0.05) is 5.11 Å². The van der Waals surface area contributed by atoms with Crippen LogP contribution in [0.4, 0.5) is 0 Å². The molecular weight excluding hydrogens is 224 g/mol. The predicted octanol–water partition coefficient (Wildman–Crippen LogP) is 1.64. The van der Waals surface area contributed by atoms with E-state index in [4.69, 9.17) is 4.84 Å². The minimum absolute atomic E-state index is 0.0317. The van der Waals surface area contributed by atoms with Crippen LogP contribution in [0.3, 0.4) is 0 Å². The molecule has 1 rings (SSSR count). The summed E-state index contributed by atoms with van der Waals surface area (Å²) in [4.78, 5) is 15.6. The number of carbonyl (C=O) groups is 1. The van der Waals surface area contributed by atoms with Crippen molar-refractivity contribution in [1.29, 1.82) is 0 Å². The summed E-state index contributed by atoms with van der Waals surface area (Å²) < 4.78 is 4.60. The van der Waals surface area contributed by atoms with Crippen LogP contribution in [-0.4, -0.2) is 24.1 Å². The molecule has 0 amide bonds. The molecule has 0 aromatic heterocycles. The zero-order valence-corrected chi connectivity index (χ0v) is 9.54. The first-order valence-corrected chi connectivity index (χ1v) is 5.19. The maximum atomic E-state index is 11.0. The Balaban J connectivity index is 2.31. The van der Waals surface area contributed by atoms with Gasteiger partial charge in [0.2, 0.25) is 6.54 Å². The summed E-state index contributed by atoms with van der Waals surface area (Å²) >= 11 is 0. The van der Waals surface area contributed by atoms with Crippen molar-refractivity contribution in [2.24, 2.45) is 5.11 Å². The third-order valence-electron chi connectivity index (χ3n) is 1.81. The monoisotopic (exact) mass is 238 g/mol. The van der Waals surface area contributed by atoms with Crippen LogP contribution >= 0.6 is 0 Å². The normalized spacial score (nSPS) is 11.0. The summed E-state index contributed by atoms with van der Waals surface area (Å²) in [6.45, 7) is 1.71. The van der Waals surface area contributed by atoms with E-state index in [1.165, 1.54) is 0 Å². The average molecular weight is 238 g/mol. The standard InChI is InChI=1S/C11H14N2O4/c1-2-16-11(14)8-12-13(15)17-9-10-6-4-3-5-7-10/h3-7H,2,8-9H2,1H3. The Morgan fingerprint density at radius 3 is 2.76 bits per heavy atom. The van der Waals surface area contributed by atoms with E-state index in [1.807, 2.05) is 30.3 Å². The molecular formula is C11H14N2O4. The highest BCUT2D eigenvalue weighted by Gasteiger charge is 2.04. The summed E-state index contributed by atoms with van der Waals surface area (Å²) in [5.41, 5.74) is 0.847. The summed E-state index contributed by atoms with van der Waals surface area (Å²) in [6.07, 6.45) is 0. The van der Waals surface area contributed by atoms with Crippen molar-refractivity contribution in [3.05, 3.63) is 41.1 Å². The number of hydrogen-bond acceptors (Lipinski definition) is 5. The van der Waals surface area contributed by atoms with Gasteiger partial charge in [-0.05, 0) is 12.5 Å². The van der Waals surface area contributed by atoms with Crippen molar-refractivity contribution in [3.8, 4) is 0 Å². The first kappa shape index (κ1) is 13.0. The Morgan fingerprint density at radius 1 is 1.41 bits per heavy atom. The molecule has 0 atom stereocenters. The lowest BCUT2D eigenvalue weighted by Gasteiger charge is -2.03. The fraction of sp³-hybridized carbons (Fsp3) is 0.364. The number of nitrogens with zero attached hydrogens (tertiary/aromatic N) is 2. The number of carbonyl (C=O) groups excluding carboxylic acids is 1. The molecule has 0 saturated carbocycles. The van der Waals surface area contributed by atoms with Gasteiger partial charge in [0.1, 0.15) is 0 Å². The van der Waals surface area contributed by atoms with Crippen molar-refractivity contribution in [2.45, 2.75) is 13.5 Å². The van der Waals surface area contributed by atoms with E-state index in [2.05, 4.69) is 9.85 Å². The fourth-order valence-corrected chi connectivity index (χ4v) is 1.07. The molecule has 1 aromatic carbocycles. The fourth-order valence-electron chi connectivity index (χ4n) is 1.07. The van der Waals surface area contributed by atoms with Gasteiger partial charge in [-0.2, -0.15) is 0 Å². The summed E-state index contributed by atoms with van der Waals surface area (Å²) in [7, 11) is 0. The van der Waals surface area contributed by atoms with Crippen LogP contribution in [-0.2, 0) is 21.0 Å². The molecule has 0 spiro atoms. The Morgan fingerprint density at radius 2 is 2.12 bits per heavy atom. The molecule has 0 bridgehead atoms. The largest absolute Gasteiger partial charge is 0.464 e. The van der Waals surface area contributed by atoms with E-state index in [0.717, 1.165) is 5.56 Å². The lowest BCUT2D eigenvalue weighted by atomic mass is 10.2. The smallest absolute Gasteiger partial charge is 0.334 e. The molecule has 0 fully saturated rings. The first-order valence-electron chi connectivity index (χ1n) is 5.19. The Bertz CT molecular complexity index is 378. The van der Waals surface area contributed by atoms with Gasteiger partial charge >= 0.3 is 5.97 Å². The number of ether oxygens (including phenoxy) is 1. The highest BCUT2D eigenvalue weighted by atomic mass is 16.9. The topological polar surface area (TPSA) is 74.0 Å². The van der Waals surface area contributed by atoms with Crippen LogP contribution in [0.5, 0.6) is 0 Å². The Labute approximate surface area is 99.0 Å². The van der Waals surface area contributed by atoms with Crippen molar-refractivity contribution in [2.75, 3.05) is 13.2 Å². The SMILES string of the molecule is CCOC(=O)CN=[N+]([O-])OCc1ccccc1. The zero-order valence-electron chi connectivity index (χ0n) is 9.54. The molecule has 17 heavy (non-hydrogen) atoms. The molecule has 0 aliphatic heterocycles. The maximum absolute atomic E-state index is 11.0. The van der Waals surface area contributed by atoms with Crippen LogP contribution < -0.4 is 0 Å². The molecule has 6 nitrogen and oxygen atoms in total. The number of esters is 1. The summed E-state index contributed by atoms with van der Waals surface area (Å²) in [5, 5.41) is 14.4. The van der Waals surface area contributed by atoms with Crippen molar-refractivity contribution in [1.82, 2.24) is 0 Å². The lowest BCUT2D eigenvalue weighted by molar-refractivity contribution is -0.795. The average Bonchev–Trinajstić information content (AvgIpc) is 2.35. The number of rotatable bonds is 6. The van der Waals surface area contributed by atoms with E-state index in [-0.39, 0.29) is 24.8 Å². The summed E-state index contributed by atoms with van der Waals surface area (Å²) in [6, 6.07) is 9.18. The van der Waals surface area contributed by atoms with Gasteiger partial charge in [-0.15, -0.1) is 0 Å². The van der Waals surface area contributed by atoms with Crippen molar-refractivity contribution < 1.29 is 19.4 Å². The van der Waals surface area contributed by atoms with E-state index in [1.54, 1.807) is 6.92 Å². The lowest BCUT2D eigenvalue weighted by Crippen LogP contribution is -2.11. The van der Waals surface area contributed by atoms with Gasteiger partial charge in [-0.25, -0.2) is 10.0 Å². The van der Waals surface area contributed by atoms with Gasteiger partial charge in [-0.1, -0.05) is 30.3 Å². The van der Waals surface area contributed by atoms with Crippen LogP contribution in [0, 0.1) is 5.21 Å². The molecule has 0 heterocycles. The number of hydrogen-bond donors (Lipinski definition) is 0. The molecule has 0 aliphatic carbocycles. The van der Waals surface area contributed by atoms with E-state index in [0.29, 0.717) is 0 Å². The predicted molar refractivity (Wildman–Crippen MR) is 58.8 cm³/mol. The Kier molecular flexibility index (Phi) is 5.50. The van der Waals surface area contributed by atoms with E-state index in [9.17, 15) is 10.0 Å². The molecule has 0 N–H and O–H groups in total. The molecule has 0 aliphatic rings. The van der Waals surface area contributed by atoms with Crippen LogP contribution in [0.25, 0.3) is 0 Å². The highest BCUT2D eigenvalue weighted by Crippen LogP contribution is 2.00. The minimum Gasteiger partial charge on any atom is -0.464 e. The third-order valence-corrected chi connectivity index (χ3v) is 1.81. The van der Waals surface area contributed by atoms with Crippen LogP contribution in [0.15, 0.2) is 35.4 Å². The van der Waals surface area contributed by atoms with Crippen LogP contribution in [0.1, 0.15) is 12.5 Å². The van der Waals surface area contributed by atoms with E-state index < -0.39 is 5.97 Å².